The van der Waals surface area contributed by atoms with Crippen LogP contribution in [0.1, 0.15) is 98.6 Å². The standard InChI is InChI=1S/C55H59NO15/c1-30-38(67-50(62)43(59)42(33-17-11-8-12-18-33)56-48(60)34-19-13-9-14-20-34)28-55(63)47(69-49(61)35-21-15-10-16-22-35)45-53(6)39(27-40-54(45,29-65-40)71-32(3)58)68-51(36-23-25-37(64-7)26-24-36)70-46(53)44(66-31(2)57)41(30)52(55,4)5/h8-26,38-40,42-47,51,59,63H,27-29H2,1-7H3,(H,56,60)/t38-,39-,40+,42-,43+,44-,45-,46-,47-,51+,53+,54-,55+/m0/s1. The normalized spacial score (nSPS) is 32.1. The number of aliphatic hydroxyl groups is 2. The molecule has 9 rings (SSSR count). The Morgan fingerprint density at radius 2 is 1.38 bits per heavy atom. The number of nitrogens with one attached hydrogen (secondary N) is 1. The van der Waals surface area contributed by atoms with Crippen molar-refractivity contribution in [2.75, 3.05) is 13.7 Å². The molecular formula is C55H59NO15. The van der Waals surface area contributed by atoms with Gasteiger partial charge < -0.3 is 53.4 Å². The van der Waals surface area contributed by atoms with Gasteiger partial charge in [-0.1, -0.05) is 99.6 Å². The molecule has 0 aromatic heterocycles. The summed E-state index contributed by atoms with van der Waals surface area (Å²) in [5.41, 5.74) is -4.77. The van der Waals surface area contributed by atoms with Crippen molar-refractivity contribution in [3.05, 3.63) is 149 Å². The van der Waals surface area contributed by atoms with E-state index in [1.165, 1.54) is 13.8 Å². The zero-order valence-corrected chi connectivity index (χ0v) is 40.6. The predicted molar refractivity (Wildman–Crippen MR) is 252 cm³/mol. The first-order chi connectivity index (χ1) is 33.8. The molecule has 2 saturated heterocycles. The number of methoxy groups -OCH3 is 1. The Hall–Kier alpha value is -6.43. The monoisotopic (exact) mass is 973 g/mol. The van der Waals surface area contributed by atoms with Crippen LogP contribution in [-0.2, 0) is 47.5 Å². The highest BCUT2D eigenvalue weighted by Crippen LogP contribution is 2.68. The van der Waals surface area contributed by atoms with E-state index in [0.717, 1.165) is 0 Å². The van der Waals surface area contributed by atoms with E-state index in [2.05, 4.69) is 5.32 Å². The minimum absolute atomic E-state index is 0.153. The fraction of sp³-hybridized carbons (Fsp3) is 0.436. The molecule has 1 amide bonds. The fourth-order valence-electron chi connectivity index (χ4n) is 12.0. The molecular weight excluding hydrogens is 915 g/mol. The lowest BCUT2D eigenvalue weighted by molar-refractivity contribution is -0.413. The van der Waals surface area contributed by atoms with Gasteiger partial charge in [-0.2, -0.15) is 0 Å². The zero-order valence-electron chi connectivity index (χ0n) is 40.6. The molecule has 71 heavy (non-hydrogen) atoms. The van der Waals surface area contributed by atoms with E-state index in [0.29, 0.717) is 28.0 Å². The largest absolute Gasteiger partial charge is 0.497 e. The zero-order chi connectivity index (χ0) is 50.6. The van der Waals surface area contributed by atoms with Gasteiger partial charge in [0.2, 0.25) is 0 Å². The molecule has 3 N–H and O–H groups in total. The minimum Gasteiger partial charge on any atom is -0.497 e. The molecule has 16 nitrogen and oxygen atoms in total. The van der Waals surface area contributed by atoms with Crippen LogP contribution in [0.3, 0.4) is 0 Å². The van der Waals surface area contributed by atoms with Crippen molar-refractivity contribution in [1.82, 2.24) is 5.32 Å². The van der Waals surface area contributed by atoms with Crippen molar-refractivity contribution >= 4 is 29.8 Å². The molecule has 374 valence electrons. The van der Waals surface area contributed by atoms with Gasteiger partial charge in [0.05, 0.1) is 37.3 Å². The van der Waals surface area contributed by atoms with Crippen LogP contribution in [0, 0.1) is 16.7 Å². The number of esters is 4. The number of fused-ring (bicyclic) bond motifs is 4. The van der Waals surface area contributed by atoms with Crippen molar-refractivity contribution < 1.29 is 72.1 Å². The molecule has 5 aliphatic rings. The van der Waals surface area contributed by atoms with Gasteiger partial charge in [0.1, 0.15) is 35.8 Å². The number of amides is 1. The molecule has 2 aliphatic heterocycles. The number of aliphatic hydroxyl groups excluding tert-OH is 1. The van der Waals surface area contributed by atoms with Gasteiger partial charge in [-0.05, 0) is 60.0 Å². The quantitative estimate of drug-likeness (QED) is 0.0808. The van der Waals surface area contributed by atoms with Crippen molar-refractivity contribution in [1.29, 1.82) is 0 Å². The third kappa shape index (κ3) is 8.48. The topological polar surface area (TPSA) is 212 Å². The van der Waals surface area contributed by atoms with Crippen molar-refractivity contribution in [2.24, 2.45) is 16.7 Å². The predicted octanol–water partition coefficient (Wildman–Crippen LogP) is 6.30. The first-order valence-corrected chi connectivity index (χ1v) is 23.8. The van der Waals surface area contributed by atoms with E-state index in [4.69, 9.17) is 37.9 Å². The Morgan fingerprint density at radius 1 is 0.761 bits per heavy atom. The maximum Gasteiger partial charge on any atom is 0.338 e. The molecule has 4 aromatic rings. The van der Waals surface area contributed by atoms with Gasteiger partial charge in [0.25, 0.3) is 5.91 Å². The highest BCUT2D eigenvalue weighted by molar-refractivity contribution is 5.95. The van der Waals surface area contributed by atoms with Crippen molar-refractivity contribution in [2.45, 2.75) is 121 Å². The SMILES string of the molecule is COc1ccc([C@@H]2O[C@H]3C[C@H]4OC[C@@]4(OC(C)=O)[C@H]4[C@H](OC(=O)c5ccccc5)[C@]5(O)C[C@H](OC(=O)[C@H](O)[C@@H](NC(=O)c6ccccc6)c6ccccc6)C(C)=C([C@H](OC(C)=O)[C@H](O2)[C@]34C)C5(C)C)cc1. The van der Waals surface area contributed by atoms with E-state index in [1.807, 2.05) is 6.92 Å². The first kappa shape index (κ1) is 49.5. The molecule has 2 bridgehead atoms. The molecule has 16 heteroatoms. The lowest BCUT2D eigenvalue weighted by atomic mass is 9.44. The number of benzene rings is 4. The number of carbonyl (C=O) groups is 5. The average molecular weight is 974 g/mol. The number of hydrogen-bond donors (Lipinski definition) is 3. The van der Waals surface area contributed by atoms with Gasteiger partial charge >= 0.3 is 23.9 Å². The second-order valence-electron chi connectivity index (χ2n) is 19.9. The van der Waals surface area contributed by atoms with Gasteiger partial charge in [-0.3, -0.25) is 14.4 Å². The third-order valence-electron chi connectivity index (χ3n) is 15.6. The summed E-state index contributed by atoms with van der Waals surface area (Å²) in [6, 6.07) is 30.7. The minimum atomic E-state index is -2.28. The van der Waals surface area contributed by atoms with Crippen LogP contribution in [0.25, 0.3) is 0 Å². The Morgan fingerprint density at radius 3 is 1.96 bits per heavy atom. The summed E-state index contributed by atoms with van der Waals surface area (Å²) in [5, 5.41) is 29.0. The fourth-order valence-corrected chi connectivity index (χ4v) is 12.0. The highest BCUT2D eigenvalue weighted by atomic mass is 16.7. The maximum atomic E-state index is 14.7. The summed E-state index contributed by atoms with van der Waals surface area (Å²) in [4.78, 5) is 70.1. The smallest absolute Gasteiger partial charge is 0.338 e. The van der Waals surface area contributed by atoms with Crippen LogP contribution in [0.5, 0.6) is 5.75 Å². The Balaban J connectivity index is 1.23. The van der Waals surface area contributed by atoms with Crippen LogP contribution in [0.15, 0.2) is 126 Å². The number of carbonyl (C=O) groups excluding carboxylic acids is 5. The number of ether oxygens (including phenoxy) is 8. The van der Waals surface area contributed by atoms with Gasteiger partial charge in [0.15, 0.2) is 24.1 Å². The summed E-state index contributed by atoms with van der Waals surface area (Å²) >= 11 is 0. The lowest BCUT2D eigenvalue weighted by Crippen LogP contribution is -2.83. The summed E-state index contributed by atoms with van der Waals surface area (Å²) in [7, 11) is 1.54. The Bertz CT molecular complexity index is 2700. The van der Waals surface area contributed by atoms with Crippen molar-refractivity contribution in [3.63, 3.8) is 0 Å². The second-order valence-corrected chi connectivity index (χ2v) is 19.9. The maximum absolute atomic E-state index is 14.7. The second kappa shape index (κ2) is 19.0. The van der Waals surface area contributed by atoms with E-state index < -0.39 is 119 Å². The molecule has 3 aliphatic carbocycles. The molecule has 0 unspecified atom stereocenters. The van der Waals surface area contributed by atoms with E-state index >= 15 is 0 Å². The summed E-state index contributed by atoms with van der Waals surface area (Å²) in [5.74, 6) is -4.57. The Labute approximate surface area is 411 Å². The van der Waals surface area contributed by atoms with Gasteiger partial charge in [-0.15, -0.1) is 0 Å². The van der Waals surface area contributed by atoms with Crippen LogP contribution in [0.4, 0.5) is 0 Å². The number of rotatable bonds is 12. The van der Waals surface area contributed by atoms with Gasteiger partial charge in [0, 0.05) is 48.6 Å². The van der Waals surface area contributed by atoms with E-state index in [1.54, 1.807) is 143 Å². The average Bonchev–Trinajstić information content (AvgIpc) is 3.35. The molecule has 13 atom stereocenters. The summed E-state index contributed by atoms with van der Waals surface area (Å²) in [6.45, 7) is 9.30. The molecule has 0 radical (unpaired) electrons. The number of hydrogen-bond acceptors (Lipinski definition) is 15. The lowest BCUT2D eigenvalue weighted by Gasteiger charge is -2.71. The summed E-state index contributed by atoms with van der Waals surface area (Å²) in [6.07, 6.45) is -10.7. The highest BCUT2D eigenvalue weighted by Gasteiger charge is 2.80. The first-order valence-electron chi connectivity index (χ1n) is 23.8. The van der Waals surface area contributed by atoms with E-state index in [9.17, 15) is 34.2 Å². The molecule has 0 spiro atoms. The Kier molecular flexibility index (Phi) is 13.2. The third-order valence-corrected chi connectivity index (χ3v) is 15.6. The van der Waals surface area contributed by atoms with Crippen LogP contribution >= 0.6 is 0 Å². The molecule has 2 saturated carbocycles. The van der Waals surface area contributed by atoms with E-state index in [-0.39, 0.29) is 24.2 Å². The van der Waals surface area contributed by atoms with Crippen LogP contribution in [-0.4, -0.2) is 108 Å². The summed E-state index contributed by atoms with van der Waals surface area (Å²) < 4.78 is 51.7. The van der Waals surface area contributed by atoms with Crippen molar-refractivity contribution in [3.8, 4) is 5.75 Å². The van der Waals surface area contributed by atoms with Crippen LogP contribution in [0.2, 0.25) is 0 Å². The van der Waals surface area contributed by atoms with Gasteiger partial charge in [-0.25, -0.2) is 9.59 Å². The van der Waals surface area contributed by atoms with Crippen LogP contribution < -0.4 is 10.1 Å². The molecule has 2 heterocycles. The molecule has 4 fully saturated rings. The molecule has 4 aromatic carbocycles.